The Morgan fingerprint density at radius 1 is 1.25 bits per heavy atom. The van der Waals surface area contributed by atoms with Crippen LogP contribution in [-0.2, 0) is 0 Å². The Morgan fingerprint density at radius 2 is 2.08 bits per heavy atom. The molecule has 0 fully saturated rings. The number of aromatic nitrogens is 4. The normalized spacial score (nSPS) is 11.1. The molecule has 9 heteroatoms. The van der Waals surface area contributed by atoms with Crippen LogP contribution < -0.4 is 5.43 Å². The van der Waals surface area contributed by atoms with E-state index in [1.807, 2.05) is 13.1 Å². The number of phenols is 1. The number of benzene rings is 1. The third-order valence-electron chi connectivity index (χ3n) is 3.04. The summed E-state index contributed by atoms with van der Waals surface area (Å²) in [5.74, 6) is 0.975. The zero-order chi connectivity index (χ0) is 17.1. The lowest BCUT2D eigenvalue weighted by Gasteiger charge is -2.04. The molecule has 7 nitrogen and oxygen atoms in total. The van der Waals surface area contributed by atoms with E-state index in [9.17, 15) is 5.11 Å². The van der Waals surface area contributed by atoms with E-state index in [0.29, 0.717) is 22.2 Å². The maximum absolute atomic E-state index is 9.87. The molecule has 0 radical (unpaired) electrons. The molecule has 0 unspecified atom stereocenters. The van der Waals surface area contributed by atoms with Crippen molar-refractivity contribution in [3.8, 4) is 11.6 Å². The molecular weight excluding hydrogens is 351 g/mol. The molecular formula is C15H12Cl2N6O. The summed E-state index contributed by atoms with van der Waals surface area (Å²) in [4.78, 5) is 8.22. The SMILES string of the molecule is Cc1cnn(-c2cc(N/N=C/c3cc(Cl)cc(Cl)c3O)ncn2)c1. The maximum Gasteiger partial charge on any atom is 0.158 e. The molecule has 0 atom stereocenters. The smallest absolute Gasteiger partial charge is 0.158 e. The van der Waals surface area contributed by atoms with Gasteiger partial charge in [0.05, 0.1) is 17.4 Å². The average molecular weight is 363 g/mol. The standard InChI is InChI=1S/C15H12Cl2N6O/c1-9-5-21-23(7-9)14-4-13(18-8-19-14)22-20-6-10-2-11(16)3-12(17)15(10)24/h2-8,24H,1H3,(H,18,19,22)/b20-6+. The van der Waals surface area contributed by atoms with Gasteiger partial charge in [-0.15, -0.1) is 0 Å². The molecule has 0 amide bonds. The van der Waals surface area contributed by atoms with Crippen LogP contribution in [0.3, 0.4) is 0 Å². The van der Waals surface area contributed by atoms with Crippen molar-refractivity contribution in [1.29, 1.82) is 0 Å². The Hall–Kier alpha value is -2.64. The highest BCUT2D eigenvalue weighted by atomic mass is 35.5. The summed E-state index contributed by atoms with van der Waals surface area (Å²) in [6.45, 7) is 1.94. The molecule has 122 valence electrons. The lowest BCUT2D eigenvalue weighted by Crippen LogP contribution is -2.01. The van der Waals surface area contributed by atoms with E-state index in [1.165, 1.54) is 18.6 Å². The van der Waals surface area contributed by atoms with Gasteiger partial charge in [0.25, 0.3) is 0 Å². The first-order valence-corrected chi connectivity index (χ1v) is 7.59. The van der Waals surface area contributed by atoms with E-state index < -0.39 is 0 Å². The molecule has 2 heterocycles. The average Bonchev–Trinajstić information content (AvgIpc) is 2.99. The van der Waals surface area contributed by atoms with E-state index in [4.69, 9.17) is 23.2 Å². The summed E-state index contributed by atoms with van der Waals surface area (Å²) in [5.41, 5.74) is 4.16. The summed E-state index contributed by atoms with van der Waals surface area (Å²) in [6, 6.07) is 4.69. The molecule has 0 aliphatic rings. The minimum atomic E-state index is -0.0954. The molecule has 3 aromatic rings. The van der Waals surface area contributed by atoms with Crippen LogP contribution in [0.4, 0.5) is 5.82 Å². The zero-order valence-electron chi connectivity index (χ0n) is 12.5. The monoisotopic (exact) mass is 362 g/mol. The molecule has 0 aliphatic carbocycles. The minimum absolute atomic E-state index is 0.0954. The summed E-state index contributed by atoms with van der Waals surface area (Å²) in [5, 5.41) is 18.6. The highest BCUT2D eigenvalue weighted by Gasteiger charge is 2.06. The van der Waals surface area contributed by atoms with E-state index >= 15 is 0 Å². The van der Waals surface area contributed by atoms with Crippen LogP contribution in [0.2, 0.25) is 10.0 Å². The lowest BCUT2D eigenvalue weighted by molar-refractivity contribution is 0.475. The number of aromatic hydroxyl groups is 1. The van der Waals surface area contributed by atoms with E-state index in [1.54, 1.807) is 23.0 Å². The first kappa shape index (κ1) is 16.2. The first-order valence-electron chi connectivity index (χ1n) is 6.84. The Balaban J connectivity index is 1.78. The summed E-state index contributed by atoms with van der Waals surface area (Å²) < 4.78 is 1.63. The van der Waals surface area contributed by atoms with Gasteiger partial charge in [-0.25, -0.2) is 14.6 Å². The number of hydrazone groups is 1. The van der Waals surface area contributed by atoms with E-state index in [-0.39, 0.29) is 10.8 Å². The second-order valence-electron chi connectivity index (χ2n) is 4.92. The van der Waals surface area contributed by atoms with Gasteiger partial charge in [0.15, 0.2) is 11.6 Å². The van der Waals surface area contributed by atoms with Crippen LogP contribution >= 0.6 is 23.2 Å². The molecule has 2 N–H and O–H groups in total. The van der Waals surface area contributed by atoms with Crippen LogP contribution in [0.25, 0.3) is 5.82 Å². The molecule has 0 bridgehead atoms. The number of nitrogens with one attached hydrogen (secondary N) is 1. The number of aryl methyl sites for hydroxylation is 1. The number of hydrogen-bond acceptors (Lipinski definition) is 6. The highest BCUT2D eigenvalue weighted by Crippen LogP contribution is 2.29. The van der Waals surface area contributed by atoms with Gasteiger partial charge in [-0.05, 0) is 24.6 Å². The van der Waals surface area contributed by atoms with E-state index in [2.05, 4.69) is 25.6 Å². The lowest BCUT2D eigenvalue weighted by atomic mass is 10.2. The summed E-state index contributed by atoms with van der Waals surface area (Å²) in [7, 11) is 0. The number of anilines is 1. The quantitative estimate of drug-likeness (QED) is 0.548. The Bertz CT molecular complexity index is 909. The van der Waals surface area contributed by atoms with Crippen LogP contribution in [0.1, 0.15) is 11.1 Å². The predicted molar refractivity (Wildman–Crippen MR) is 93.2 cm³/mol. The van der Waals surface area contributed by atoms with Gasteiger partial charge in [0.2, 0.25) is 0 Å². The second kappa shape index (κ2) is 6.86. The number of rotatable bonds is 4. The number of nitrogens with zero attached hydrogens (tertiary/aromatic N) is 5. The Kier molecular flexibility index (Phi) is 4.64. The van der Waals surface area contributed by atoms with Gasteiger partial charge in [-0.2, -0.15) is 10.2 Å². The van der Waals surface area contributed by atoms with Gasteiger partial charge < -0.3 is 5.11 Å². The molecule has 3 rings (SSSR count). The van der Waals surface area contributed by atoms with Crippen molar-refractivity contribution in [2.75, 3.05) is 5.43 Å². The van der Waals surface area contributed by atoms with Crippen molar-refractivity contribution in [2.24, 2.45) is 5.10 Å². The van der Waals surface area contributed by atoms with E-state index in [0.717, 1.165) is 5.56 Å². The van der Waals surface area contributed by atoms with Gasteiger partial charge >= 0.3 is 0 Å². The number of hydrogen-bond donors (Lipinski definition) is 2. The third-order valence-corrected chi connectivity index (χ3v) is 3.55. The maximum atomic E-state index is 9.87. The highest BCUT2D eigenvalue weighted by molar-refractivity contribution is 6.36. The molecule has 1 aromatic carbocycles. The topological polar surface area (TPSA) is 88.2 Å². The van der Waals surface area contributed by atoms with Crippen LogP contribution in [0.15, 0.2) is 42.0 Å². The van der Waals surface area contributed by atoms with Crippen molar-refractivity contribution in [3.05, 3.63) is 58.1 Å². The predicted octanol–water partition coefficient (Wildman–Crippen LogP) is 3.43. The van der Waals surface area contributed by atoms with Crippen molar-refractivity contribution in [1.82, 2.24) is 19.7 Å². The van der Waals surface area contributed by atoms with Gasteiger partial charge in [-0.1, -0.05) is 23.2 Å². The first-order chi connectivity index (χ1) is 11.5. The fourth-order valence-electron chi connectivity index (χ4n) is 1.92. The van der Waals surface area contributed by atoms with Gasteiger partial charge in [0.1, 0.15) is 12.1 Å². The fourth-order valence-corrected chi connectivity index (χ4v) is 2.43. The molecule has 0 spiro atoms. The molecule has 2 aromatic heterocycles. The Labute approximate surface area is 147 Å². The molecule has 0 saturated heterocycles. The summed E-state index contributed by atoms with van der Waals surface area (Å²) in [6.07, 6.45) is 6.38. The summed E-state index contributed by atoms with van der Waals surface area (Å²) >= 11 is 11.8. The number of halogens is 2. The third kappa shape index (κ3) is 3.64. The van der Waals surface area contributed by atoms with Crippen LogP contribution in [-0.4, -0.2) is 31.1 Å². The van der Waals surface area contributed by atoms with Gasteiger partial charge in [0, 0.05) is 22.8 Å². The van der Waals surface area contributed by atoms with Crippen molar-refractivity contribution < 1.29 is 5.11 Å². The minimum Gasteiger partial charge on any atom is -0.506 e. The second-order valence-corrected chi connectivity index (χ2v) is 5.76. The fraction of sp³-hybridized carbons (Fsp3) is 0.0667. The van der Waals surface area contributed by atoms with Crippen LogP contribution in [0.5, 0.6) is 5.75 Å². The van der Waals surface area contributed by atoms with Crippen LogP contribution in [0, 0.1) is 6.92 Å². The molecule has 24 heavy (non-hydrogen) atoms. The molecule has 0 saturated carbocycles. The Morgan fingerprint density at radius 3 is 2.83 bits per heavy atom. The van der Waals surface area contributed by atoms with Gasteiger partial charge in [-0.3, -0.25) is 5.43 Å². The molecule has 0 aliphatic heterocycles. The van der Waals surface area contributed by atoms with Crippen molar-refractivity contribution in [2.45, 2.75) is 6.92 Å². The van der Waals surface area contributed by atoms with Crippen molar-refractivity contribution >= 4 is 35.2 Å². The number of phenolic OH excluding ortho intramolecular Hbond substituents is 1. The largest absolute Gasteiger partial charge is 0.506 e. The van der Waals surface area contributed by atoms with Crippen molar-refractivity contribution in [3.63, 3.8) is 0 Å². The zero-order valence-corrected chi connectivity index (χ0v) is 14.0.